The van der Waals surface area contributed by atoms with Gasteiger partial charge in [-0.3, -0.25) is 4.99 Å². The van der Waals surface area contributed by atoms with Gasteiger partial charge in [-0.2, -0.15) is 0 Å². The first-order valence-corrected chi connectivity index (χ1v) is 6.47. The fraction of sp³-hybridized carbons (Fsp3) is 0.500. The van der Waals surface area contributed by atoms with Crippen molar-refractivity contribution in [1.82, 2.24) is 10.6 Å². The molecule has 0 aliphatic heterocycles. The lowest BCUT2D eigenvalue weighted by molar-refractivity contribution is 0.607. The van der Waals surface area contributed by atoms with Gasteiger partial charge in [-0.05, 0) is 24.5 Å². The van der Waals surface area contributed by atoms with Crippen LogP contribution in [-0.4, -0.2) is 25.6 Å². The second kappa shape index (κ2) is 5.85. The SMILES string of the molecule is CCCNC(=NC)NC1CC1c1ccccc1F. The van der Waals surface area contributed by atoms with Crippen LogP contribution in [0.1, 0.15) is 31.2 Å². The average molecular weight is 249 g/mol. The van der Waals surface area contributed by atoms with Gasteiger partial charge in [0.1, 0.15) is 5.82 Å². The van der Waals surface area contributed by atoms with E-state index in [2.05, 4.69) is 22.5 Å². The van der Waals surface area contributed by atoms with Crippen molar-refractivity contribution >= 4 is 5.96 Å². The predicted molar refractivity (Wildman–Crippen MR) is 72.3 cm³/mol. The normalized spacial score (nSPS) is 22.7. The van der Waals surface area contributed by atoms with Gasteiger partial charge in [-0.1, -0.05) is 25.1 Å². The summed E-state index contributed by atoms with van der Waals surface area (Å²) in [6.07, 6.45) is 2.02. The van der Waals surface area contributed by atoms with Gasteiger partial charge in [-0.25, -0.2) is 4.39 Å². The first-order chi connectivity index (χ1) is 8.76. The average Bonchev–Trinajstić information content (AvgIpc) is 3.14. The van der Waals surface area contributed by atoms with Crippen LogP contribution in [0.4, 0.5) is 4.39 Å². The van der Waals surface area contributed by atoms with Crippen LogP contribution < -0.4 is 10.6 Å². The van der Waals surface area contributed by atoms with E-state index in [1.165, 1.54) is 6.07 Å². The van der Waals surface area contributed by atoms with E-state index in [1.807, 2.05) is 12.1 Å². The maximum Gasteiger partial charge on any atom is 0.191 e. The van der Waals surface area contributed by atoms with Crippen LogP contribution in [0.3, 0.4) is 0 Å². The van der Waals surface area contributed by atoms with Crippen molar-refractivity contribution in [3.63, 3.8) is 0 Å². The molecule has 1 aromatic carbocycles. The van der Waals surface area contributed by atoms with E-state index in [9.17, 15) is 4.39 Å². The second-order valence-corrected chi connectivity index (χ2v) is 4.61. The molecular weight excluding hydrogens is 229 g/mol. The fourth-order valence-electron chi connectivity index (χ4n) is 2.09. The monoisotopic (exact) mass is 249 g/mol. The van der Waals surface area contributed by atoms with Crippen molar-refractivity contribution in [3.05, 3.63) is 35.6 Å². The summed E-state index contributed by atoms with van der Waals surface area (Å²) in [4.78, 5) is 4.16. The number of nitrogens with zero attached hydrogens (tertiary/aromatic N) is 1. The Labute approximate surface area is 108 Å². The minimum absolute atomic E-state index is 0.108. The molecule has 2 unspecified atom stereocenters. The predicted octanol–water partition coefficient (Wildman–Crippen LogP) is 2.26. The molecule has 0 bridgehead atoms. The zero-order valence-electron chi connectivity index (χ0n) is 10.9. The molecule has 4 heteroatoms. The summed E-state index contributed by atoms with van der Waals surface area (Å²) in [6.45, 7) is 3.01. The molecule has 2 atom stereocenters. The summed E-state index contributed by atoms with van der Waals surface area (Å²) in [5, 5.41) is 6.55. The zero-order chi connectivity index (χ0) is 13.0. The topological polar surface area (TPSA) is 36.4 Å². The lowest BCUT2D eigenvalue weighted by Crippen LogP contribution is -2.39. The first-order valence-electron chi connectivity index (χ1n) is 6.47. The van der Waals surface area contributed by atoms with Crippen LogP contribution in [0, 0.1) is 5.82 Å². The summed E-state index contributed by atoms with van der Waals surface area (Å²) in [6, 6.07) is 7.30. The van der Waals surface area contributed by atoms with Gasteiger partial charge in [0.25, 0.3) is 0 Å². The second-order valence-electron chi connectivity index (χ2n) is 4.61. The van der Waals surface area contributed by atoms with Gasteiger partial charge in [0.2, 0.25) is 0 Å². The Bertz CT molecular complexity index is 431. The van der Waals surface area contributed by atoms with Gasteiger partial charge in [0.15, 0.2) is 5.96 Å². The number of hydrogen-bond acceptors (Lipinski definition) is 1. The molecule has 0 radical (unpaired) electrons. The molecule has 2 N–H and O–H groups in total. The summed E-state index contributed by atoms with van der Waals surface area (Å²) < 4.78 is 13.6. The number of halogens is 1. The van der Waals surface area contributed by atoms with Gasteiger partial charge in [0, 0.05) is 25.6 Å². The minimum Gasteiger partial charge on any atom is -0.356 e. The largest absolute Gasteiger partial charge is 0.356 e. The van der Waals surface area contributed by atoms with Crippen molar-refractivity contribution in [3.8, 4) is 0 Å². The summed E-state index contributed by atoms with van der Waals surface area (Å²) >= 11 is 0. The summed E-state index contributed by atoms with van der Waals surface area (Å²) in [7, 11) is 1.76. The van der Waals surface area contributed by atoms with E-state index in [4.69, 9.17) is 0 Å². The Hall–Kier alpha value is -1.58. The van der Waals surface area contributed by atoms with Crippen LogP contribution in [0.2, 0.25) is 0 Å². The van der Waals surface area contributed by atoms with E-state index >= 15 is 0 Å². The number of guanidine groups is 1. The van der Waals surface area contributed by atoms with Gasteiger partial charge < -0.3 is 10.6 Å². The van der Waals surface area contributed by atoms with E-state index in [0.717, 1.165) is 30.9 Å². The van der Waals surface area contributed by atoms with Crippen LogP contribution >= 0.6 is 0 Å². The van der Waals surface area contributed by atoms with Crippen molar-refractivity contribution in [2.24, 2.45) is 4.99 Å². The molecule has 2 rings (SSSR count). The fourth-order valence-corrected chi connectivity index (χ4v) is 2.09. The van der Waals surface area contributed by atoms with E-state index in [1.54, 1.807) is 13.1 Å². The Kier molecular flexibility index (Phi) is 4.18. The highest BCUT2D eigenvalue weighted by molar-refractivity contribution is 5.80. The van der Waals surface area contributed by atoms with Crippen LogP contribution in [-0.2, 0) is 0 Å². The van der Waals surface area contributed by atoms with Crippen LogP contribution in [0.15, 0.2) is 29.3 Å². The molecule has 0 saturated heterocycles. The maximum atomic E-state index is 13.6. The van der Waals surface area contributed by atoms with Crippen molar-refractivity contribution in [1.29, 1.82) is 0 Å². The maximum absolute atomic E-state index is 13.6. The smallest absolute Gasteiger partial charge is 0.191 e. The Morgan fingerprint density at radius 2 is 2.22 bits per heavy atom. The molecule has 0 amide bonds. The van der Waals surface area contributed by atoms with Crippen molar-refractivity contribution in [2.45, 2.75) is 31.7 Å². The lowest BCUT2D eigenvalue weighted by Gasteiger charge is -2.11. The quantitative estimate of drug-likeness (QED) is 0.634. The highest BCUT2D eigenvalue weighted by atomic mass is 19.1. The number of nitrogens with one attached hydrogen (secondary N) is 2. The summed E-state index contributed by atoms with van der Waals surface area (Å²) in [5.74, 6) is 0.968. The Morgan fingerprint density at radius 3 is 2.89 bits per heavy atom. The molecule has 1 aromatic rings. The minimum atomic E-state index is -0.108. The number of benzene rings is 1. The molecule has 0 heterocycles. The zero-order valence-corrected chi connectivity index (χ0v) is 10.9. The van der Waals surface area contributed by atoms with Crippen molar-refractivity contribution < 1.29 is 4.39 Å². The molecule has 98 valence electrons. The first kappa shape index (κ1) is 12.9. The Balaban J connectivity index is 1.90. The highest BCUT2D eigenvalue weighted by Gasteiger charge is 2.40. The van der Waals surface area contributed by atoms with Gasteiger partial charge in [-0.15, -0.1) is 0 Å². The Morgan fingerprint density at radius 1 is 1.44 bits per heavy atom. The molecule has 1 aliphatic rings. The molecule has 1 aliphatic carbocycles. The van der Waals surface area contributed by atoms with Gasteiger partial charge >= 0.3 is 0 Å². The van der Waals surface area contributed by atoms with Crippen LogP contribution in [0.25, 0.3) is 0 Å². The molecular formula is C14H20FN3. The molecule has 3 nitrogen and oxygen atoms in total. The van der Waals surface area contributed by atoms with E-state index < -0.39 is 0 Å². The summed E-state index contributed by atoms with van der Waals surface area (Å²) in [5.41, 5.74) is 0.806. The number of hydrogen-bond donors (Lipinski definition) is 2. The third-order valence-electron chi connectivity index (χ3n) is 3.18. The standard InChI is InChI=1S/C14H20FN3/c1-3-8-17-14(16-2)18-13-9-11(13)10-6-4-5-7-12(10)15/h4-7,11,13H,3,8-9H2,1-2H3,(H2,16,17,18). The number of aliphatic imine (C=N–C) groups is 1. The molecule has 1 saturated carbocycles. The third kappa shape index (κ3) is 3.00. The van der Waals surface area contributed by atoms with Crippen molar-refractivity contribution in [2.75, 3.05) is 13.6 Å². The van der Waals surface area contributed by atoms with E-state index in [0.29, 0.717) is 6.04 Å². The number of rotatable bonds is 4. The molecule has 18 heavy (non-hydrogen) atoms. The van der Waals surface area contributed by atoms with E-state index in [-0.39, 0.29) is 11.7 Å². The van der Waals surface area contributed by atoms with Gasteiger partial charge in [0.05, 0.1) is 0 Å². The molecule has 0 aromatic heterocycles. The molecule has 0 spiro atoms. The van der Waals surface area contributed by atoms with Crippen LogP contribution in [0.5, 0.6) is 0 Å². The lowest BCUT2D eigenvalue weighted by atomic mass is 10.1. The third-order valence-corrected chi connectivity index (χ3v) is 3.18. The molecule has 1 fully saturated rings. The highest BCUT2D eigenvalue weighted by Crippen LogP contribution is 2.41.